The lowest BCUT2D eigenvalue weighted by molar-refractivity contribution is -0.120. The summed E-state index contributed by atoms with van der Waals surface area (Å²) in [6.07, 6.45) is 5.30. The first-order valence-electron chi connectivity index (χ1n) is 7.98. The summed E-state index contributed by atoms with van der Waals surface area (Å²) in [6.45, 7) is -0.144. The van der Waals surface area contributed by atoms with Gasteiger partial charge in [0.25, 0.3) is 11.8 Å². The number of carbonyl (C=O) groups excluding carboxylic acids is 2. The van der Waals surface area contributed by atoms with Crippen LogP contribution in [-0.4, -0.2) is 38.3 Å². The lowest BCUT2D eigenvalue weighted by atomic mass is 9.99. The van der Waals surface area contributed by atoms with Crippen molar-refractivity contribution in [3.63, 3.8) is 0 Å². The Morgan fingerprint density at radius 3 is 2.25 bits per heavy atom. The number of ether oxygens (including phenoxy) is 2. The molecular weight excluding hydrogens is 310 g/mol. The van der Waals surface area contributed by atoms with Gasteiger partial charge in [-0.3, -0.25) is 9.59 Å². The molecular formula is C17H23N3O4. The Balaban J connectivity index is 1.87. The molecule has 0 heterocycles. The van der Waals surface area contributed by atoms with E-state index >= 15 is 0 Å². The highest BCUT2D eigenvalue weighted by Gasteiger charge is 2.12. The van der Waals surface area contributed by atoms with Crippen molar-refractivity contribution >= 4 is 17.5 Å². The number of benzene rings is 1. The number of rotatable bonds is 6. The van der Waals surface area contributed by atoms with Gasteiger partial charge >= 0.3 is 0 Å². The summed E-state index contributed by atoms with van der Waals surface area (Å²) in [6, 6.07) is 4.83. The number of carbonyl (C=O) groups is 2. The second kappa shape index (κ2) is 8.90. The summed E-state index contributed by atoms with van der Waals surface area (Å²) < 4.78 is 10.2. The van der Waals surface area contributed by atoms with Crippen molar-refractivity contribution in [3.05, 3.63) is 23.8 Å². The number of hydrogen-bond acceptors (Lipinski definition) is 5. The lowest BCUT2D eigenvalue weighted by Gasteiger charge is -2.12. The fourth-order valence-corrected chi connectivity index (χ4v) is 2.45. The van der Waals surface area contributed by atoms with Gasteiger partial charge in [-0.2, -0.15) is 5.10 Å². The molecule has 24 heavy (non-hydrogen) atoms. The van der Waals surface area contributed by atoms with Crippen LogP contribution >= 0.6 is 0 Å². The lowest BCUT2D eigenvalue weighted by Crippen LogP contribution is -2.35. The van der Waals surface area contributed by atoms with E-state index < -0.39 is 0 Å². The van der Waals surface area contributed by atoms with Crippen molar-refractivity contribution in [3.8, 4) is 11.5 Å². The molecule has 0 bridgehead atoms. The Labute approximate surface area is 141 Å². The molecule has 0 unspecified atom stereocenters. The minimum Gasteiger partial charge on any atom is -0.497 e. The minimum absolute atomic E-state index is 0.144. The van der Waals surface area contributed by atoms with Gasteiger partial charge in [0.05, 0.1) is 20.8 Å². The van der Waals surface area contributed by atoms with Gasteiger partial charge < -0.3 is 14.8 Å². The largest absolute Gasteiger partial charge is 0.497 e. The van der Waals surface area contributed by atoms with Crippen LogP contribution in [0.25, 0.3) is 0 Å². The molecule has 7 heteroatoms. The number of methoxy groups -OCH3 is 2. The average molecular weight is 333 g/mol. The Bertz CT molecular complexity index is 598. The highest BCUT2D eigenvalue weighted by Crippen LogP contribution is 2.22. The zero-order chi connectivity index (χ0) is 17.4. The average Bonchev–Trinajstić information content (AvgIpc) is 2.64. The zero-order valence-electron chi connectivity index (χ0n) is 14.1. The smallest absolute Gasteiger partial charge is 0.259 e. The maximum absolute atomic E-state index is 12.2. The van der Waals surface area contributed by atoms with E-state index in [0.717, 1.165) is 31.4 Å². The van der Waals surface area contributed by atoms with Crippen molar-refractivity contribution in [2.45, 2.75) is 32.1 Å². The van der Waals surface area contributed by atoms with Crippen molar-refractivity contribution < 1.29 is 19.1 Å². The van der Waals surface area contributed by atoms with Gasteiger partial charge in [-0.15, -0.1) is 0 Å². The van der Waals surface area contributed by atoms with Crippen molar-refractivity contribution in [2.24, 2.45) is 5.10 Å². The summed E-state index contributed by atoms with van der Waals surface area (Å²) in [5.74, 6) is 0.282. The summed E-state index contributed by atoms with van der Waals surface area (Å²) in [4.78, 5) is 23.9. The molecule has 1 aromatic carbocycles. The van der Waals surface area contributed by atoms with Gasteiger partial charge in [0, 0.05) is 17.3 Å². The second-order valence-electron chi connectivity index (χ2n) is 5.56. The van der Waals surface area contributed by atoms with Gasteiger partial charge in [-0.1, -0.05) is 6.42 Å². The zero-order valence-corrected chi connectivity index (χ0v) is 14.1. The van der Waals surface area contributed by atoms with Gasteiger partial charge in [0.2, 0.25) is 0 Å². The number of amides is 2. The third-order valence-electron chi connectivity index (χ3n) is 3.79. The van der Waals surface area contributed by atoms with Crippen LogP contribution in [0.15, 0.2) is 23.3 Å². The molecule has 1 aromatic rings. The molecule has 1 fully saturated rings. The standard InChI is InChI=1S/C17H23N3O4/c1-23-14-8-12(9-15(10-14)24-2)17(22)18-11-16(21)20-19-13-6-4-3-5-7-13/h8-10H,3-7,11H2,1-2H3,(H,18,22)(H,20,21). The first-order valence-corrected chi connectivity index (χ1v) is 7.98. The predicted octanol–water partition coefficient (Wildman–Crippen LogP) is 1.87. The van der Waals surface area contributed by atoms with Gasteiger partial charge in [0.1, 0.15) is 11.5 Å². The Kier molecular flexibility index (Phi) is 6.60. The van der Waals surface area contributed by atoms with Crippen molar-refractivity contribution in [1.29, 1.82) is 0 Å². The van der Waals surface area contributed by atoms with E-state index in [2.05, 4.69) is 15.8 Å². The Morgan fingerprint density at radius 1 is 1.04 bits per heavy atom. The second-order valence-corrected chi connectivity index (χ2v) is 5.56. The summed E-state index contributed by atoms with van der Waals surface area (Å²) in [5, 5.41) is 6.67. The molecule has 0 aromatic heterocycles. The molecule has 2 amide bonds. The van der Waals surface area contributed by atoms with Crippen molar-refractivity contribution in [2.75, 3.05) is 20.8 Å². The molecule has 0 aliphatic heterocycles. The predicted molar refractivity (Wildman–Crippen MR) is 90.5 cm³/mol. The fraction of sp³-hybridized carbons (Fsp3) is 0.471. The highest BCUT2D eigenvalue weighted by atomic mass is 16.5. The summed E-state index contributed by atoms with van der Waals surface area (Å²) >= 11 is 0. The fourth-order valence-electron chi connectivity index (χ4n) is 2.45. The molecule has 0 saturated heterocycles. The van der Waals surface area contributed by atoms with Crippen LogP contribution in [0.1, 0.15) is 42.5 Å². The van der Waals surface area contributed by atoms with Gasteiger partial charge in [0.15, 0.2) is 0 Å². The number of hydrazone groups is 1. The van der Waals surface area contributed by atoms with Gasteiger partial charge in [-0.25, -0.2) is 5.43 Å². The normalized spacial score (nSPS) is 13.8. The van der Waals surface area contributed by atoms with Crippen LogP contribution in [-0.2, 0) is 4.79 Å². The van der Waals surface area contributed by atoms with E-state index in [0.29, 0.717) is 17.1 Å². The van der Waals surface area contributed by atoms with E-state index in [4.69, 9.17) is 9.47 Å². The quantitative estimate of drug-likeness (QED) is 0.778. The van der Waals surface area contributed by atoms with E-state index in [1.807, 2.05) is 0 Å². The summed E-state index contributed by atoms with van der Waals surface area (Å²) in [7, 11) is 3.02. The molecule has 0 spiro atoms. The van der Waals surface area contributed by atoms with Crippen LogP contribution in [0, 0.1) is 0 Å². The molecule has 1 aliphatic rings. The Hall–Kier alpha value is -2.57. The number of nitrogens with one attached hydrogen (secondary N) is 2. The highest BCUT2D eigenvalue weighted by molar-refractivity contribution is 5.97. The molecule has 130 valence electrons. The first-order chi connectivity index (χ1) is 11.6. The molecule has 7 nitrogen and oxygen atoms in total. The number of nitrogens with zero attached hydrogens (tertiary/aromatic N) is 1. The van der Waals surface area contributed by atoms with Crippen LogP contribution in [0.2, 0.25) is 0 Å². The van der Waals surface area contributed by atoms with E-state index in [1.54, 1.807) is 18.2 Å². The van der Waals surface area contributed by atoms with Crippen LogP contribution in [0.5, 0.6) is 11.5 Å². The Morgan fingerprint density at radius 2 is 1.67 bits per heavy atom. The molecule has 1 saturated carbocycles. The molecule has 0 atom stereocenters. The number of hydrogen-bond donors (Lipinski definition) is 2. The van der Waals surface area contributed by atoms with Gasteiger partial charge in [-0.05, 0) is 37.8 Å². The first kappa shape index (κ1) is 17.8. The maximum Gasteiger partial charge on any atom is 0.259 e. The molecule has 1 aliphatic carbocycles. The van der Waals surface area contributed by atoms with E-state index in [1.165, 1.54) is 20.6 Å². The van der Waals surface area contributed by atoms with Crippen LogP contribution < -0.4 is 20.2 Å². The van der Waals surface area contributed by atoms with E-state index in [-0.39, 0.29) is 18.4 Å². The third kappa shape index (κ3) is 5.26. The minimum atomic E-state index is -0.382. The van der Waals surface area contributed by atoms with E-state index in [9.17, 15) is 9.59 Å². The molecule has 2 N–H and O–H groups in total. The molecule has 0 radical (unpaired) electrons. The summed E-state index contributed by atoms with van der Waals surface area (Å²) in [5.41, 5.74) is 3.86. The topological polar surface area (TPSA) is 89.0 Å². The van der Waals surface area contributed by atoms with Crippen LogP contribution in [0.3, 0.4) is 0 Å². The monoisotopic (exact) mass is 333 g/mol. The third-order valence-corrected chi connectivity index (χ3v) is 3.79. The van der Waals surface area contributed by atoms with Crippen molar-refractivity contribution in [1.82, 2.24) is 10.7 Å². The molecule has 2 rings (SSSR count). The maximum atomic E-state index is 12.2. The SMILES string of the molecule is COc1cc(OC)cc(C(=O)NCC(=O)NN=C2CCCCC2)c1. The van der Waals surface area contributed by atoms with Crippen LogP contribution in [0.4, 0.5) is 0 Å².